The molecule has 1 atom stereocenters. The van der Waals surface area contributed by atoms with Crippen LogP contribution in [0.4, 0.5) is 5.82 Å². The highest BCUT2D eigenvalue weighted by Gasteiger charge is 2.10. The van der Waals surface area contributed by atoms with Crippen molar-refractivity contribution in [1.82, 2.24) is 9.97 Å². The summed E-state index contributed by atoms with van der Waals surface area (Å²) in [4.78, 5) is 8.06. The van der Waals surface area contributed by atoms with E-state index in [9.17, 15) is 5.11 Å². The summed E-state index contributed by atoms with van der Waals surface area (Å²) in [6, 6.07) is 15.7. The Morgan fingerprint density at radius 1 is 1.24 bits per heavy atom. The number of anilines is 1. The fourth-order valence-corrected chi connectivity index (χ4v) is 2.93. The summed E-state index contributed by atoms with van der Waals surface area (Å²) in [5.41, 5.74) is 5.88. The summed E-state index contributed by atoms with van der Waals surface area (Å²) >= 11 is 1.26. The lowest BCUT2D eigenvalue weighted by molar-refractivity contribution is 0.126. The zero-order chi connectivity index (χ0) is 17.6. The number of rotatable bonds is 6. The molecule has 3 rings (SSSR count). The largest absolute Gasteiger partial charge is 0.491 e. The predicted octanol–water partition coefficient (Wildman–Crippen LogP) is 2.62. The molecule has 7 heteroatoms. The van der Waals surface area contributed by atoms with Crippen molar-refractivity contribution < 1.29 is 9.84 Å². The lowest BCUT2D eigenvalue weighted by Gasteiger charge is -2.12. The Balaban J connectivity index is 1.53. The first kappa shape index (κ1) is 17.0. The van der Waals surface area contributed by atoms with E-state index in [0.717, 1.165) is 10.8 Å². The SMILES string of the molecule is N#Cc1cnc(SCC(O)COc2ccc3ccccc3c2)nc1N. The van der Waals surface area contributed by atoms with E-state index in [1.165, 1.54) is 18.0 Å². The molecular formula is C18H16N4O2S. The molecule has 0 radical (unpaired) electrons. The second kappa shape index (κ2) is 7.83. The first-order valence-electron chi connectivity index (χ1n) is 7.61. The summed E-state index contributed by atoms with van der Waals surface area (Å²) in [6.45, 7) is 0.164. The van der Waals surface area contributed by atoms with Gasteiger partial charge in [-0.3, -0.25) is 0 Å². The highest BCUT2D eigenvalue weighted by molar-refractivity contribution is 7.99. The van der Waals surface area contributed by atoms with Crippen LogP contribution in [0.5, 0.6) is 5.75 Å². The number of nitrogens with zero attached hydrogens (tertiary/aromatic N) is 3. The maximum atomic E-state index is 10.1. The van der Waals surface area contributed by atoms with Gasteiger partial charge in [0, 0.05) is 5.75 Å². The molecule has 1 heterocycles. The van der Waals surface area contributed by atoms with Crippen molar-refractivity contribution in [2.75, 3.05) is 18.1 Å². The van der Waals surface area contributed by atoms with Crippen LogP contribution >= 0.6 is 11.8 Å². The molecule has 126 valence electrons. The van der Waals surface area contributed by atoms with Crippen LogP contribution in [-0.4, -0.2) is 33.5 Å². The van der Waals surface area contributed by atoms with Crippen LogP contribution in [0.3, 0.4) is 0 Å². The molecule has 0 bridgehead atoms. The zero-order valence-electron chi connectivity index (χ0n) is 13.3. The number of nitrogen functional groups attached to an aromatic ring is 1. The van der Waals surface area contributed by atoms with Gasteiger partial charge in [0.1, 0.15) is 29.8 Å². The fourth-order valence-electron chi connectivity index (χ4n) is 2.20. The Morgan fingerprint density at radius 3 is 2.80 bits per heavy atom. The third kappa shape index (κ3) is 4.38. The van der Waals surface area contributed by atoms with Crippen LogP contribution < -0.4 is 10.5 Å². The Kier molecular flexibility index (Phi) is 5.33. The molecule has 0 saturated carbocycles. The van der Waals surface area contributed by atoms with Gasteiger partial charge in [0.15, 0.2) is 5.16 Å². The van der Waals surface area contributed by atoms with Gasteiger partial charge in [-0.05, 0) is 22.9 Å². The second-order valence-electron chi connectivity index (χ2n) is 5.35. The van der Waals surface area contributed by atoms with Gasteiger partial charge in [0.05, 0.1) is 12.3 Å². The van der Waals surface area contributed by atoms with Gasteiger partial charge in [-0.15, -0.1) is 0 Å². The average molecular weight is 352 g/mol. The van der Waals surface area contributed by atoms with E-state index in [-0.39, 0.29) is 18.0 Å². The lowest BCUT2D eigenvalue weighted by atomic mass is 10.1. The van der Waals surface area contributed by atoms with E-state index in [0.29, 0.717) is 16.7 Å². The Labute approximate surface area is 149 Å². The normalized spacial score (nSPS) is 11.8. The topological polar surface area (TPSA) is 105 Å². The van der Waals surface area contributed by atoms with E-state index in [4.69, 9.17) is 15.7 Å². The van der Waals surface area contributed by atoms with Crippen molar-refractivity contribution in [2.24, 2.45) is 0 Å². The van der Waals surface area contributed by atoms with Crippen molar-refractivity contribution in [3.63, 3.8) is 0 Å². The fraction of sp³-hybridized carbons (Fsp3) is 0.167. The number of aliphatic hydroxyl groups is 1. The molecule has 0 aliphatic heterocycles. The highest BCUT2D eigenvalue weighted by atomic mass is 32.2. The van der Waals surface area contributed by atoms with E-state index in [1.54, 1.807) is 0 Å². The number of hydrogen-bond donors (Lipinski definition) is 2. The average Bonchev–Trinajstić information content (AvgIpc) is 2.64. The van der Waals surface area contributed by atoms with Gasteiger partial charge < -0.3 is 15.6 Å². The number of nitrogens with two attached hydrogens (primary N) is 1. The van der Waals surface area contributed by atoms with E-state index in [1.807, 2.05) is 48.5 Å². The predicted molar refractivity (Wildman–Crippen MR) is 97.3 cm³/mol. The molecule has 0 saturated heterocycles. The summed E-state index contributed by atoms with van der Waals surface area (Å²) in [5.74, 6) is 1.21. The third-order valence-corrected chi connectivity index (χ3v) is 4.49. The van der Waals surface area contributed by atoms with Crippen molar-refractivity contribution >= 4 is 28.4 Å². The highest BCUT2D eigenvalue weighted by Crippen LogP contribution is 2.21. The molecule has 6 nitrogen and oxygen atoms in total. The first-order chi connectivity index (χ1) is 12.2. The van der Waals surface area contributed by atoms with Gasteiger partial charge in [-0.1, -0.05) is 42.1 Å². The Hall–Kier alpha value is -2.82. The molecule has 3 aromatic rings. The van der Waals surface area contributed by atoms with Gasteiger partial charge in [-0.25, -0.2) is 9.97 Å². The number of benzene rings is 2. The van der Waals surface area contributed by atoms with E-state index < -0.39 is 6.10 Å². The summed E-state index contributed by atoms with van der Waals surface area (Å²) in [5, 5.41) is 21.5. The maximum Gasteiger partial charge on any atom is 0.189 e. The van der Waals surface area contributed by atoms with E-state index >= 15 is 0 Å². The monoisotopic (exact) mass is 352 g/mol. The summed E-state index contributed by atoms with van der Waals surface area (Å²) in [7, 11) is 0. The summed E-state index contributed by atoms with van der Waals surface area (Å²) in [6.07, 6.45) is 0.694. The zero-order valence-corrected chi connectivity index (χ0v) is 14.1. The van der Waals surface area contributed by atoms with Crippen LogP contribution in [0.15, 0.2) is 53.8 Å². The number of aliphatic hydroxyl groups excluding tert-OH is 1. The molecule has 1 unspecified atom stereocenters. The Bertz CT molecular complexity index is 926. The minimum absolute atomic E-state index is 0.141. The standard InChI is InChI=1S/C18H16N4O2S/c19-8-14-9-21-18(22-17(14)20)25-11-15(23)10-24-16-6-5-12-3-1-2-4-13(12)7-16/h1-7,9,15,23H,10-11H2,(H2,20,21,22). The molecule has 3 N–H and O–H groups in total. The van der Waals surface area contributed by atoms with Crippen molar-refractivity contribution in [3.8, 4) is 11.8 Å². The van der Waals surface area contributed by atoms with Gasteiger partial charge in [-0.2, -0.15) is 5.26 Å². The Morgan fingerprint density at radius 2 is 2.04 bits per heavy atom. The minimum Gasteiger partial charge on any atom is -0.491 e. The van der Waals surface area contributed by atoms with Gasteiger partial charge >= 0.3 is 0 Å². The molecule has 0 aliphatic rings. The lowest BCUT2D eigenvalue weighted by Crippen LogP contribution is -2.20. The van der Waals surface area contributed by atoms with E-state index in [2.05, 4.69) is 9.97 Å². The van der Waals surface area contributed by atoms with Crippen LogP contribution in [0.1, 0.15) is 5.56 Å². The summed E-state index contributed by atoms with van der Waals surface area (Å²) < 4.78 is 5.65. The number of aromatic nitrogens is 2. The molecule has 25 heavy (non-hydrogen) atoms. The van der Waals surface area contributed by atoms with Crippen molar-refractivity contribution in [1.29, 1.82) is 5.26 Å². The van der Waals surface area contributed by atoms with Crippen LogP contribution in [0.2, 0.25) is 0 Å². The maximum absolute atomic E-state index is 10.1. The first-order valence-corrected chi connectivity index (χ1v) is 8.59. The molecule has 2 aromatic carbocycles. The molecule has 0 spiro atoms. The molecule has 0 aliphatic carbocycles. The number of thioether (sulfide) groups is 1. The molecule has 0 fully saturated rings. The van der Waals surface area contributed by atoms with Crippen LogP contribution in [0, 0.1) is 11.3 Å². The molecule has 1 aromatic heterocycles. The quantitative estimate of drug-likeness (QED) is 0.519. The number of nitriles is 1. The smallest absolute Gasteiger partial charge is 0.189 e. The molecular weight excluding hydrogens is 336 g/mol. The third-order valence-electron chi connectivity index (χ3n) is 3.48. The minimum atomic E-state index is -0.683. The number of hydrogen-bond acceptors (Lipinski definition) is 7. The van der Waals surface area contributed by atoms with Crippen LogP contribution in [-0.2, 0) is 0 Å². The van der Waals surface area contributed by atoms with Gasteiger partial charge in [0.25, 0.3) is 0 Å². The second-order valence-corrected chi connectivity index (χ2v) is 6.34. The van der Waals surface area contributed by atoms with Gasteiger partial charge in [0.2, 0.25) is 0 Å². The van der Waals surface area contributed by atoms with Crippen molar-refractivity contribution in [3.05, 3.63) is 54.2 Å². The number of fused-ring (bicyclic) bond motifs is 1. The number of ether oxygens (including phenoxy) is 1. The molecule has 0 amide bonds. The van der Waals surface area contributed by atoms with Crippen LogP contribution in [0.25, 0.3) is 10.8 Å². The van der Waals surface area contributed by atoms with Crippen molar-refractivity contribution in [2.45, 2.75) is 11.3 Å².